The van der Waals surface area contributed by atoms with E-state index in [0.29, 0.717) is 12.3 Å². The van der Waals surface area contributed by atoms with Crippen LogP contribution in [0.2, 0.25) is 0 Å². The molecule has 0 aromatic heterocycles. The third-order valence-electron chi connectivity index (χ3n) is 2.53. The van der Waals surface area contributed by atoms with Crippen LogP contribution in [-0.2, 0) is 23.1 Å². The quantitative estimate of drug-likeness (QED) is 0.743. The first-order chi connectivity index (χ1) is 7.76. The minimum absolute atomic E-state index is 0.552. The highest BCUT2D eigenvalue weighted by Gasteiger charge is 2.02. The molecule has 0 saturated carbocycles. The Morgan fingerprint density at radius 1 is 1.25 bits per heavy atom. The van der Waals surface area contributed by atoms with Crippen molar-refractivity contribution in [2.24, 2.45) is 5.73 Å². The summed E-state index contributed by atoms with van der Waals surface area (Å²) in [4.78, 5) is 0. The van der Waals surface area contributed by atoms with E-state index in [1.807, 2.05) is 18.2 Å². The van der Waals surface area contributed by atoms with Gasteiger partial charge in [0.15, 0.2) is 0 Å². The van der Waals surface area contributed by atoms with E-state index in [1.54, 1.807) is 0 Å². The summed E-state index contributed by atoms with van der Waals surface area (Å²) in [7, 11) is -0.724. The van der Waals surface area contributed by atoms with E-state index in [-0.39, 0.29) is 0 Å². The molecule has 2 N–H and O–H groups in total. The third-order valence-corrected chi connectivity index (χ3v) is 3.93. The average molecular weight is 239 g/mol. The zero-order valence-electron chi connectivity index (χ0n) is 9.95. The van der Waals surface area contributed by atoms with Crippen LogP contribution in [0.4, 0.5) is 0 Å². The lowest BCUT2D eigenvalue weighted by Crippen LogP contribution is -2.02. The second-order valence-electron chi connectivity index (χ2n) is 4.02. The maximum atomic E-state index is 11.8. The van der Waals surface area contributed by atoms with Gasteiger partial charge in [-0.2, -0.15) is 0 Å². The van der Waals surface area contributed by atoms with Gasteiger partial charge in [-0.15, -0.1) is 0 Å². The Hall–Kier alpha value is -0.670. The lowest BCUT2D eigenvalue weighted by molar-refractivity contribution is 0.675. The summed E-state index contributed by atoms with van der Waals surface area (Å²) in [6, 6.07) is 8.07. The van der Waals surface area contributed by atoms with Gasteiger partial charge in [-0.3, -0.25) is 4.21 Å². The van der Waals surface area contributed by atoms with Crippen molar-refractivity contribution in [2.75, 3.05) is 5.75 Å². The molecule has 0 aliphatic heterocycles. The number of benzene rings is 1. The van der Waals surface area contributed by atoms with Crippen LogP contribution in [0.5, 0.6) is 0 Å². The van der Waals surface area contributed by atoms with Gasteiger partial charge < -0.3 is 5.73 Å². The first-order valence-electron chi connectivity index (χ1n) is 5.89. The van der Waals surface area contributed by atoms with E-state index in [0.717, 1.165) is 23.3 Å². The van der Waals surface area contributed by atoms with Gasteiger partial charge in [0.2, 0.25) is 0 Å². The first kappa shape index (κ1) is 13.4. The van der Waals surface area contributed by atoms with Crippen LogP contribution < -0.4 is 5.73 Å². The van der Waals surface area contributed by atoms with Gasteiger partial charge in [-0.1, -0.05) is 44.0 Å². The molecule has 0 radical (unpaired) electrons. The zero-order valence-corrected chi connectivity index (χ0v) is 10.8. The molecule has 0 aliphatic carbocycles. The summed E-state index contributed by atoms with van der Waals surface area (Å²) in [5.74, 6) is 1.48. The van der Waals surface area contributed by atoms with Crippen LogP contribution in [0.1, 0.15) is 37.3 Å². The molecule has 0 spiro atoms. The Bertz CT molecular complexity index is 338. The standard InChI is InChI=1S/C13H21NOS/c1-2-3-4-8-16(15)11-13-7-5-6-12(9-13)10-14/h5-7,9H,2-4,8,10-11,14H2,1H3. The number of nitrogens with two attached hydrogens (primary N) is 1. The van der Waals surface area contributed by atoms with Gasteiger partial charge in [-0.25, -0.2) is 0 Å². The predicted molar refractivity (Wildman–Crippen MR) is 70.6 cm³/mol. The van der Waals surface area contributed by atoms with Crippen molar-refractivity contribution in [3.63, 3.8) is 0 Å². The van der Waals surface area contributed by atoms with E-state index in [1.165, 1.54) is 12.8 Å². The molecule has 0 saturated heterocycles. The van der Waals surface area contributed by atoms with E-state index in [2.05, 4.69) is 13.0 Å². The Kier molecular flexibility index (Phi) is 6.34. The van der Waals surface area contributed by atoms with Crippen molar-refractivity contribution in [1.29, 1.82) is 0 Å². The highest BCUT2D eigenvalue weighted by molar-refractivity contribution is 7.84. The normalized spacial score (nSPS) is 12.6. The summed E-state index contributed by atoms with van der Waals surface area (Å²) in [6.45, 7) is 2.71. The Labute approximate surface area is 101 Å². The zero-order chi connectivity index (χ0) is 11.8. The molecule has 1 aromatic rings. The fourth-order valence-electron chi connectivity index (χ4n) is 1.62. The van der Waals surface area contributed by atoms with Gasteiger partial charge in [0.05, 0.1) is 0 Å². The van der Waals surface area contributed by atoms with Gasteiger partial charge in [0, 0.05) is 28.9 Å². The smallest absolute Gasteiger partial charge is 0.0485 e. The fraction of sp³-hybridized carbons (Fsp3) is 0.538. The van der Waals surface area contributed by atoms with Crippen LogP contribution in [-0.4, -0.2) is 9.96 Å². The molecule has 3 heteroatoms. The molecule has 1 atom stereocenters. The first-order valence-corrected chi connectivity index (χ1v) is 7.38. The Morgan fingerprint density at radius 2 is 2.00 bits per heavy atom. The SMILES string of the molecule is CCCCCS(=O)Cc1cccc(CN)c1. The molecule has 1 unspecified atom stereocenters. The van der Waals surface area contributed by atoms with Gasteiger partial charge >= 0.3 is 0 Å². The summed E-state index contributed by atoms with van der Waals surface area (Å²) in [5.41, 5.74) is 7.82. The maximum Gasteiger partial charge on any atom is 0.0485 e. The minimum atomic E-state index is -0.724. The summed E-state index contributed by atoms with van der Waals surface area (Å²) in [6.07, 6.45) is 3.42. The van der Waals surface area contributed by atoms with E-state index in [9.17, 15) is 4.21 Å². The average Bonchev–Trinajstić information content (AvgIpc) is 2.29. The lowest BCUT2D eigenvalue weighted by atomic mass is 10.1. The molecule has 2 nitrogen and oxygen atoms in total. The highest BCUT2D eigenvalue weighted by Crippen LogP contribution is 2.08. The predicted octanol–water partition coefficient (Wildman–Crippen LogP) is 2.58. The van der Waals surface area contributed by atoms with Crippen molar-refractivity contribution < 1.29 is 4.21 Å². The molecule has 1 rings (SSSR count). The van der Waals surface area contributed by atoms with Gasteiger partial charge in [0.25, 0.3) is 0 Å². The molecule has 90 valence electrons. The van der Waals surface area contributed by atoms with Crippen LogP contribution in [0, 0.1) is 0 Å². The van der Waals surface area contributed by atoms with Crippen LogP contribution in [0.25, 0.3) is 0 Å². The third kappa shape index (κ3) is 4.90. The lowest BCUT2D eigenvalue weighted by Gasteiger charge is -2.04. The summed E-state index contributed by atoms with van der Waals surface area (Å²) in [5, 5.41) is 0. The second kappa shape index (κ2) is 7.58. The molecule has 0 amide bonds. The number of hydrogen-bond acceptors (Lipinski definition) is 2. The van der Waals surface area contributed by atoms with Crippen molar-refractivity contribution >= 4 is 10.8 Å². The Morgan fingerprint density at radius 3 is 2.69 bits per heavy atom. The highest BCUT2D eigenvalue weighted by atomic mass is 32.2. The molecule has 0 aliphatic rings. The number of unbranched alkanes of at least 4 members (excludes halogenated alkanes) is 2. The Balaban J connectivity index is 2.43. The van der Waals surface area contributed by atoms with Crippen molar-refractivity contribution in [3.05, 3.63) is 35.4 Å². The molecule has 0 heterocycles. The van der Waals surface area contributed by atoms with Crippen LogP contribution in [0.3, 0.4) is 0 Å². The van der Waals surface area contributed by atoms with Crippen molar-refractivity contribution in [2.45, 2.75) is 38.5 Å². The largest absolute Gasteiger partial charge is 0.326 e. The topological polar surface area (TPSA) is 43.1 Å². The second-order valence-corrected chi connectivity index (χ2v) is 5.60. The van der Waals surface area contributed by atoms with E-state index in [4.69, 9.17) is 5.73 Å². The molecule has 1 aromatic carbocycles. The van der Waals surface area contributed by atoms with Crippen molar-refractivity contribution in [1.82, 2.24) is 0 Å². The van der Waals surface area contributed by atoms with E-state index >= 15 is 0 Å². The molecule has 16 heavy (non-hydrogen) atoms. The van der Waals surface area contributed by atoms with Crippen LogP contribution >= 0.6 is 0 Å². The van der Waals surface area contributed by atoms with E-state index < -0.39 is 10.8 Å². The van der Waals surface area contributed by atoms with Gasteiger partial charge in [-0.05, 0) is 17.5 Å². The molecule has 0 fully saturated rings. The summed E-state index contributed by atoms with van der Waals surface area (Å²) < 4.78 is 11.8. The summed E-state index contributed by atoms with van der Waals surface area (Å²) >= 11 is 0. The minimum Gasteiger partial charge on any atom is -0.326 e. The molecular formula is C13H21NOS. The fourth-order valence-corrected chi connectivity index (χ4v) is 2.84. The van der Waals surface area contributed by atoms with Crippen LogP contribution in [0.15, 0.2) is 24.3 Å². The number of rotatable bonds is 7. The monoisotopic (exact) mass is 239 g/mol. The van der Waals surface area contributed by atoms with Crippen molar-refractivity contribution in [3.8, 4) is 0 Å². The number of hydrogen-bond donors (Lipinski definition) is 1. The molecular weight excluding hydrogens is 218 g/mol. The van der Waals surface area contributed by atoms with Gasteiger partial charge in [0.1, 0.15) is 0 Å². The maximum absolute atomic E-state index is 11.8. The molecule has 0 bridgehead atoms.